The molecule has 2 unspecified atom stereocenters. The van der Waals surface area contributed by atoms with Crippen LogP contribution in [0.4, 0.5) is 0 Å². The van der Waals surface area contributed by atoms with Gasteiger partial charge in [-0.3, -0.25) is 4.79 Å². The Morgan fingerprint density at radius 1 is 1.24 bits per heavy atom. The summed E-state index contributed by atoms with van der Waals surface area (Å²) >= 11 is 0. The molecule has 0 N–H and O–H groups in total. The quantitative estimate of drug-likeness (QED) is 0.479. The van der Waals surface area contributed by atoms with Gasteiger partial charge in [0.05, 0.1) is 6.42 Å². The van der Waals surface area contributed by atoms with E-state index >= 15 is 0 Å². The van der Waals surface area contributed by atoms with Crippen molar-refractivity contribution in [2.24, 2.45) is 5.92 Å². The first-order valence-corrected chi connectivity index (χ1v) is 6.26. The van der Waals surface area contributed by atoms with Crippen molar-refractivity contribution in [3.8, 4) is 0 Å². The summed E-state index contributed by atoms with van der Waals surface area (Å²) in [5, 5.41) is 0. The summed E-state index contributed by atoms with van der Waals surface area (Å²) in [6.07, 6.45) is 3.75. The molecule has 3 atom stereocenters. The number of esters is 1. The van der Waals surface area contributed by atoms with E-state index in [0.29, 0.717) is 6.42 Å². The zero-order valence-corrected chi connectivity index (χ0v) is 10.2. The molecule has 5 heteroatoms. The summed E-state index contributed by atoms with van der Waals surface area (Å²) in [7, 11) is 0. The molecule has 2 saturated heterocycles. The summed E-state index contributed by atoms with van der Waals surface area (Å²) < 4.78 is 11.0. The number of hydrogen-bond acceptors (Lipinski definition) is 5. The molecule has 0 bridgehead atoms. The Morgan fingerprint density at radius 3 is 2.88 bits per heavy atom. The molecule has 0 aromatic heterocycles. The third-order valence-corrected chi connectivity index (χ3v) is 3.90. The monoisotopic (exact) mass is 242 g/mol. The number of carbonyl (C=O) groups excluding carboxylic acids is 1. The van der Waals surface area contributed by atoms with Crippen LogP contribution in [0, 0.1) is 5.92 Å². The Kier molecular flexibility index (Phi) is 2.47. The standard InChI is InChI=1S/C12H18O5/c1-11(2)15-10-12(17-16-11)6-4-3-5-8(12)7-9(13)14-10/h8,10H,3-7H2,1-2H3/t8?,10?,12-/m1/s1. The molecule has 0 amide bonds. The fraction of sp³-hybridized carbons (Fsp3) is 0.917. The second kappa shape index (κ2) is 3.67. The minimum absolute atomic E-state index is 0.151. The predicted octanol–water partition coefficient (Wildman–Crippen LogP) is 1.90. The van der Waals surface area contributed by atoms with Crippen LogP contribution in [-0.4, -0.2) is 23.6 Å². The van der Waals surface area contributed by atoms with E-state index in [-0.39, 0.29) is 11.9 Å². The lowest BCUT2D eigenvalue weighted by Gasteiger charge is -2.53. The van der Waals surface area contributed by atoms with Crippen molar-refractivity contribution in [2.45, 2.75) is 63.6 Å². The van der Waals surface area contributed by atoms with Gasteiger partial charge in [-0.15, -0.1) is 0 Å². The van der Waals surface area contributed by atoms with Crippen molar-refractivity contribution in [2.75, 3.05) is 0 Å². The van der Waals surface area contributed by atoms with E-state index in [9.17, 15) is 4.79 Å². The van der Waals surface area contributed by atoms with E-state index in [1.54, 1.807) is 13.8 Å². The highest BCUT2D eigenvalue weighted by Gasteiger charge is 2.60. The lowest BCUT2D eigenvalue weighted by Crippen LogP contribution is -2.64. The molecule has 1 saturated carbocycles. The predicted molar refractivity (Wildman–Crippen MR) is 56.5 cm³/mol. The molecule has 3 rings (SSSR count). The lowest BCUT2D eigenvalue weighted by molar-refractivity contribution is -0.554. The van der Waals surface area contributed by atoms with Crippen LogP contribution in [0.25, 0.3) is 0 Å². The molecule has 3 aliphatic rings. The van der Waals surface area contributed by atoms with Crippen molar-refractivity contribution < 1.29 is 24.0 Å². The molecule has 0 radical (unpaired) electrons. The molecule has 1 aliphatic carbocycles. The molecule has 17 heavy (non-hydrogen) atoms. The first kappa shape index (κ1) is 11.4. The Morgan fingerprint density at radius 2 is 2.06 bits per heavy atom. The van der Waals surface area contributed by atoms with Gasteiger partial charge in [0.15, 0.2) is 11.4 Å². The average molecular weight is 242 g/mol. The number of carbonyl (C=O) groups is 1. The van der Waals surface area contributed by atoms with E-state index in [1.807, 2.05) is 0 Å². The highest BCUT2D eigenvalue weighted by molar-refractivity contribution is 5.71. The van der Waals surface area contributed by atoms with E-state index < -0.39 is 17.7 Å². The highest BCUT2D eigenvalue weighted by atomic mass is 17.3. The maximum absolute atomic E-state index is 11.6. The smallest absolute Gasteiger partial charge is 0.308 e. The number of hydrogen-bond donors (Lipinski definition) is 0. The van der Waals surface area contributed by atoms with Crippen molar-refractivity contribution in [3.63, 3.8) is 0 Å². The second-order valence-corrected chi connectivity index (χ2v) is 5.61. The van der Waals surface area contributed by atoms with Crippen LogP contribution in [0.5, 0.6) is 0 Å². The van der Waals surface area contributed by atoms with Gasteiger partial charge in [-0.05, 0) is 26.7 Å². The van der Waals surface area contributed by atoms with Gasteiger partial charge in [-0.2, -0.15) is 0 Å². The first-order chi connectivity index (χ1) is 8.02. The van der Waals surface area contributed by atoms with Gasteiger partial charge in [0.1, 0.15) is 0 Å². The molecule has 3 fully saturated rings. The zero-order valence-electron chi connectivity index (χ0n) is 10.2. The maximum Gasteiger partial charge on any atom is 0.308 e. The largest absolute Gasteiger partial charge is 0.432 e. The van der Waals surface area contributed by atoms with Crippen LogP contribution in [-0.2, 0) is 24.0 Å². The Bertz CT molecular complexity index is 340. The van der Waals surface area contributed by atoms with Crippen LogP contribution in [0.2, 0.25) is 0 Å². The Labute approximate surface area is 100 Å². The Hall–Kier alpha value is -0.650. The number of rotatable bonds is 0. The summed E-state index contributed by atoms with van der Waals surface area (Å²) in [4.78, 5) is 22.5. The van der Waals surface area contributed by atoms with Crippen LogP contribution < -0.4 is 0 Å². The van der Waals surface area contributed by atoms with Gasteiger partial charge in [0.2, 0.25) is 6.29 Å². The summed E-state index contributed by atoms with van der Waals surface area (Å²) in [5.41, 5.74) is -0.582. The van der Waals surface area contributed by atoms with Gasteiger partial charge in [-0.1, -0.05) is 12.8 Å². The van der Waals surface area contributed by atoms with E-state index in [4.69, 9.17) is 19.2 Å². The van der Waals surface area contributed by atoms with Gasteiger partial charge in [0, 0.05) is 5.92 Å². The average Bonchev–Trinajstić information content (AvgIpc) is 2.26. The van der Waals surface area contributed by atoms with E-state index in [0.717, 1.165) is 25.7 Å². The minimum Gasteiger partial charge on any atom is -0.432 e. The molecule has 0 aromatic rings. The SMILES string of the molecule is CC1(C)OO[C@]23CCCCC2CC(=O)OC3O1. The molecule has 2 aliphatic heterocycles. The highest BCUT2D eigenvalue weighted by Crippen LogP contribution is 2.49. The van der Waals surface area contributed by atoms with E-state index in [1.165, 1.54) is 0 Å². The third kappa shape index (κ3) is 1.77. The third-order valence-electron chi connectivity index (χ3n) is 3.90. The topological polar surface area (TPSA) is 54.0 Å². The van der Waals surface area contributed by atoms with Crippen LogP contribution in [0.15, 0.2) is 0 Å². The van der Waals surface area contributed by atoms with Gasteiger partial charge in [0.25, 0.3) is 0 Å². The number of ether oxygens (including phenoxy) is 2. The minimum atomic E-state index is -0.866. The van der Waals surface area contributed by atoms with Crippen LogP contribution in [0.3, 0.4) is 0 Å². The summed E-state index contributed by atoms with van der Waals surface area (Å²) in [5.74, 6) is -0.910. The fourth-order valence-electron chi connectivity index (χ4n) is 3.02. The summed E-state index contributed by atoms with van der Waals surface area (Å²) in [6.45, 7) is 3.50. The zero-order chi connectivity index (χ0) is 12.1. The van der Waals surface area contributed by atoms with Crippen molar-refractivity contribution in [3.05, 3.63) is 0 Å². The summed E-state index contributed by atoms with van der Waals surface area (Å²) in [6, 6.07) is 0. The first-order valence-electron chi connectivity index (χ1n) is 6.26. The second-order valence-electron chi connectivity index (χ2n) is 5.61. The molecule has 1 spiro atoms. The molecular weight excluding hydrogens is 224 g/mol. The lowest BCUT2D eigenvalue weighted by atomic mass is 9.72. The van der Waals surface area contributed by atoms with Gasteiger partial charge >= 0.3 is 5.97 Å². The molecule has 0 aromatic carbocycles. The Balaban J connectivity index is 1.90. The van der Waals surface area contributed by atoms with Gasteiger partial charge < -0.3 is 9.47 Å². The van der Waals surface area contributed by atoms with Gasteiger partial charge in [-0.25, -0.2) is 9.78 Å². The van der Waals surface area contributed by atoms with Crippen LogP contribution >= 0.6 is 0 Å². The van der Waals surface area contributed by atoms with Crippen molar-refractivity contribution >= 4 is 5.97 Å². The normalized spacial score (nSPS) is 44.5. The van der Waals surface area contributed by atoms with Crippen molar-refractivity contribution in [1.29, 1.82) is 0 Å². The molecular formula is C12H18O5. The fourth-order valence-corrected chi connectivity index (χ4v) is 3.02. The molecule has 5 nitrogen and oxygen atoms in total. The van der Waals surface area contributed by atoms with Crippen LogP contribution in [0.1, 0.15) is 46.0 Å². The maximum atomic E-state index is 11.6. The van der Waals surface area contributed by atoms with E-state index in [2.05, 4.69) is 0 Å². The molecule has 2 heterocycles. The molecule has 96 valence electrons. The van der Waals surface area contributed by atoms with Crippen molar-refractivity contribution in [1.82, 2.24) is 0 Å².